The Morgan fingerprint density at radius 1 is 0.964 bits per heavy atom. The van der Waals surface area contributed by atoms with Crippen molar-refractivity contribution in [2.75, 3.05) is 13.2 Å². The van der Waals surface area contributed by atoms with E-state index in [4.69, 9.17) is 9.47 Å². The third-order valence-corrected chi connectivity index (χ3v) is 4.45. The zero-order valence-corrected chi connectivity index (χ0v) is 16.8. The van der Waals surface area contributed by atoms with Crippen molar-refractivity contribution in [2.45, 2.75) is 65.0 Å². The van der Waals surface area contributed by atoms with Crippen LogP contribution in [0.2, 0.25) is 0 Å². The fourth-order valence-corrected chi connectivity index (χ4v) is 2.67. The van der Waals surface area contributed by atoms with E-state index in [2.05, 4.69) is 16.9 Å². The normalized spacial score (nSPS) is 12.0. The summed E-state index contributed by atoms with van der Waals surface area (Å²) in [6, 6.07) is 4.42. The first-order valence-electron chi connectivity index (χ1n) is 10.2. The van der Waals surface area contributed by atoms with Gasteiger partial charge in [-0.3, -0.25) is 0 Å². The Hall–Kier alpha value is -2.24. The van der Waals surface area contributed by atoms with Crippen molar-refractivity contribution in [3.63, 3.8) is 0 Å². The molecular weight excluding hydrogens is 362 g/mol. The molecule has 0 radical (unpaired) electrons. The largest absolute Gasteiger partial charge is 0.490 e. The van der Waals surface area contributed by atoms with Gasteiger partial charge in [0.1, 0.15) is 12.8 Å². The summed E-state index contributed by atoms with van der Waals surface area (Å²) in [5.74, 6) is 0.465. The molecule has 0 spiro atoms. The van der Waals surface area contributed by atoms with E-state index in [0.717, 1.165) is 12.8 Å². The lowest BCUT2D eigenvalue weighted by Crippen LogP contribution is -2.12. The number of aromatic nitrogens is 2. The van der Waals surface area contributed by atoms with Crippen molar-refractivity contribution in [1.82, 2.24) is 9.97 Å². The maximum Gasteiger partial charge on any atom is 0.165 e. The number of rotatable bonds is 13. The SMILES string of the molecule is CCCCCCCCOc1cnc(-c2ccc(OCC(F)CC)c(F)c2)nc1. The summed E-state index contributed by atoms with van der Waals surface area (Å²) in [6.45, 7) is 4.40. The molecule has 0 saturated carbocycles. The van der Waals surface area contributed by atoms with E-state index in [1.165, 1.54) is 37.8 Å². The average molecular weight is 392 g/mol. The van der Waals surface area contributed by atoms with Gasteiger partial charge in [0.05, 0.1) is 19.0 Å². The number of benzene rings is 1. The molecule has 28 heavy (non-hydrogen) atoms. The Morgan fingerprint density at radius 2 is 1.68 bits per heavy atom. The Labute approximate surface area is 166 Å². The quantitative estimate of drug-likeness (QED) is 0.384. The summed E-state index contributed by atoms with van der Waals surface area (Å²) in [5, 5.41) is 0. The average Bonchev–Trinajstić information content (AvgIpc) is 2.72. The smallest absolute Gasteiger partial charge is 0.165 e. The third kappa shape index (κ3) is 7.41. The number of alkyl halides is 1. The van der Waals surface area contributed by atoms with E-state index in [1.807, 2.05) is 0 Å². The molecular formula is C22H30F2N2O2. The molecule has 1 aromatic heterocycles. The molecule has 2 rings (SSSR count). The Morgan fingerprint density at radius 3 is 2.36 bits per heavy atom. The molecule has 0 fully saturated rings. The van der Waals surface area contributed by atoms with Crippen LogP contribution in [0, 0.1) is 5.82 Å². The summed E-state index contributed by atoms with van der Waals surface area (Å²) < 4.78 is 38.2. The first kappa shape index (κ1) is 22.1. The second kappa shape index (κ2) is 12.3. The topological polar surface area (TPSA) is 44.2 Å². The molecule has 0 N–H and O–H groups in total. The van der Waals surface area contributed by atoms with Crippen molar-refractivity contribution in [1.29, 1.82) is 0 Å². The summed E-state index contributed by atoms with van der Waals surface area (Å²) >= 11 is 0. The highest BCUT2D eigenvalue weighted by Gasteiger charge is 2.11. The lowest BCUT2D eigenvalue weighted by atomic mass is 10.1. The van der Waals surface area contributed by atoms with E-state index in [9.17, 15) is 8.78 Å². The van der Waals surface area contributed by atoms with Crippen LogP contribution in [0.5, 0.6) is 11.5 Å². The Bertz CT molecular complexity index is 695. The summed E-state index contributed by atoms with van der Waals surface area (Å²) in [7, 11) is 0. The van der Waals surface area contributed by atoms with Gasteiger partial charge in [0.15, 0.2) is 23.1 Å². The standard InChI is InChI=1S/C22H30F2N2O2/c1-3-5-6-7-8-9-12-27-19-14-25-22(26-15-19)17-10-11-21(20(24)13-17)28-16-18(23)4-2/h10-11,13-15,18H,3-9,12,16H2,1-2H3. The van der Waals surface area contributed by atoms with Gasteiger partial charge >= 0.3 is 0 Å². The minimum atomic E-state index is -1.11. The molecule has 2 aromatic rings. The molecule has 0 saturated heterocycles. The number of ether oxygens (including phenoxy) is 2. The van der Waals surface area contributed by atoms with Gasteiger partial charge in [-0.05, 0) is 31.0 Å². The van der Waals surface area contributed by atoms with Crippen LogP contribution in [-0.4, -0.2) is 29.4 Å². The Kier molecular flexibility index (Phi) is 9.66. The minimum absolute atomic E-state index is 0.0266. The predicted molar refractivity (Wildman–Crippen MR) is 107 cm³/mol. The number of halogens is 2. The first-order valence-corrected chi connectivity index (χ1v) is 10.2. The third-order valence-electron chi connectivity index (χ3n) is 4.45. The molecule has 1 atom stereocenters. The highest BCUT2D eigenvalue weighted by molar-refractivity contribution is 5.56. The van der Waals surface area contributed by atoms with Crippen molar-refractivity contribution in [3.05, 3.63) is 36.4 Å². The van der Waals surface area contributed by atoms with Crippen molar-refractivity contribution in [2.24, 2.45) is 0 Å². The van der Waals surface area contributed by atoms with Gasteiger partial charge in [-0.25, -0.2) is 18.7 Å². The van der Waals surface area contributed by atoms with Crippen LogP contribution < -0.4 is 9.47 Å². The van der Waals surface area contributed by atoms with E-state index in [-0.39, 0.29) is 12.4 Å². The highest BCUT2D eigenvalue weighted by Crippen LogP contribution is 2.24. The molecule has 4 nitrogen and oxygen atoms in total. The van der Waals surface area contributed by atoms with Crippen LogP contribution in [0.4, 0.5) is 8.78 Å². The van der Waals surface area contributed by atoms with Crippen LogP contribution in [0.1, 0.15) is 58.8 Å². The fraction of sp³-hybridized carbons (Fsp3) is 0.545. The van der Waals surface area contributed by atoms with Crippen molar-refractivity contribution >= 4 is 0 Å². The molecule has 0 aliphatic carbocycles. The monoisotopic (exact) mass is 392 g/mol. The Balaban J connectivity index is 1.83. The van der Waals surface area contributed by atoms with E-state index in [0.29, 0.717) is 30.2 Å². The fourth-order valence-electron chi connectivity index (χ4n) is 2.67. The summed E-state index contributed by atoms with van der Waals surface area (Å²) in [4.78, 5) is 8.49. The molecule has 0 aliphatic heterocycles. The molecule has 1 aromatic carbocycles. The number of nitrogens with zero attached hydrogens (tertiary/aromatic N) is 2. The maximum atomic E-state index is 14.2. The van der Waals surface area contributed by atoms with Gasteiger partial charge < -0.3 is 9.47 Å². The van der Waals surface area contributed by atoms with E-state index < -0.39 is 12.0 Å². The van der Waals surface area contributed by atoms with Gasteiger partial charge in [-0.15, -0.1) is 0 Å². The maximum absolute atomic E-state index is 14.2. The second-order valence-corrected chi connectivity index (χ2v) is 6.82. The van der Waals surface area contributed by atoms with Crippen LogP contribution in [0.25, 0.3) is 11.4 Å². The van der Waals surface area contributed by atoms with Gasteiger partial charge in [0, 0.05) is 5.56 Å². The lowest BCUT2D eigenvalue weighted by Gasteiger charge is -2.10. The van der Waals surface area contributed by atoms with Crippen LogP contribution in [0.3, 0.4) is 0 Å². The van der Waals surface area contributed by atoms with Gasteiger partial charge in [0.25, 0.3) is 0 Å². The number of unbranched alkanes of at least 4 members (excludes halogenated alkanes) is 5. The zero-order valence-electron chi connectivity index (χ0n) is 16.8. The molecule has 154 valence electrons. The van der Waals surface area contributed by atoms with Crippen LogP contribution >= 0.6 is 0 Å². The highest BCUT2D eigenvalue weighted by atomic mass is 19.1. The molecule has 1 unspecified atom stereocenters. The van der Waals surface area contributed by atoms with Gasteiger partial charge in [-0.1, -0.05) is 46.0 Å². The van der Waals surface area contributed by atoms with Gasteiger partial charge in [0.2, 0.25) is 0 Å². The molecule has 0 amide bonds. The van der Waals surface area contributed by atoms with Crippen LogP contribution in [0.15, 0.2) is 30.6 Å². The van der Waals surface area contributed by atoms with Crippen LogP contribution in [-0.2, 0) is 0 Å². The number of hydrogen-bond acceptors (Lipinski definition) is 4. The molecule has 1 heterocycles. The summed E-state index contributed by atoms with van der Waals surface area (Å²) in [5.41, 5.74) is 0.527. The van der Waals surface area contributed by atoms with Crippen molar-refractivity contribution in [3.8, 4) is 22.9 Å². The second-order valence-electron chi connectivity index (χ2n) is 6.82. The molecule has 0 bridgehead atoms. The van der Waals surface area contributed by atoms with E-state index >= 15 is 0 Å². The number of hydrogen-bond donors (Lipinski definition) is 0. The summed E-state index contributed by atoms with van der Waals surface area (Å²) in [6.07, 6.45) is 9.64. The predicted octanol–water partition coefficient (Wildman–Crippen LogP) is 6.15. The van der Waals surface area contributed by atoms with E-state index in [1.54, 1.807) is 25.4 Å². The minimum Gasteiger partial charge on any atom is -0.490 e. The molecule has 0 aliphatic rings. The lowest BCUT2D eigenvalue weighted by molar-refractivity contribution is 0.186. The van der Waals surface area contributed by atoms with Gasteiger partial charge in [-0.2, -0.15) is 0 Å². The van der Waals surface area contributed by atoms with Crippen molar-refractivity contribution < 1.29 is 18.3 Å². The molecule has 6 heteroatoms. The first-order chi connectivity index (χ1) is 13.6. The zero-order chi connectivity index (χ0) is 20.2.